The molecule has 0 amide bonds. The quantitative estimate of drug-likeness (QED) is 0.622. The maximum Gasteiger partial charge on any atom is 0.148 e. The fourth-order valence-electron chi connectivity index (χ4n) is 1.82. The molecule has 0 bridgehead atoms. The van der Waals surface area contributed by atoms with Crippen molar-refractivity contribution in [2.24, 2.45) is 12.9 Å². The summed E-state index contributed by atoms with van der Waals surface area (Å²) < 4.78 is 9.33. The molecule has 0 aliphatic heterocycles. The van der Waals surface area contributed by atoms with Gasteiger partial charge in [-0.2, -0.15) is 5.10 Å². The van der Waals surface area contributed by atoms with Gasteiger partial charge >= 0.3 is 0 Å². The lowest BCUT2D eigenvalue weighted by Gasteiger charge is -2.11. The van der Waals surface area contributed by atoms with Crippen LogP contribution in [-0.2, 0) is 13.7 Å². The van der Waals surface area contributed by atoms with Gasteiger partial charge in [-0.15, -0.1) is 0 Å². The van der Waals surface area contributed by atoms with Gasteiger partial charge in [0.1, 0.15) is 18.2 Å². The number of nitrogens with one attached hydrogen (secondary N) is 1. The Hall–Kier alpha value is -1.05. The Morgan fingerprint density at radius 3 is 2.58 bits per heavy atom. The first-order chi connectivity index (χ1) is 9.04. The van der Waals surface area contributed by atoms with E-state index in [1.165, 1.54) is 0 Å². The third kappa shape index (κ3) is 2.93. The Labute approximate surface area is 128 Å². The van der Waals surface area contributed by atoms with E-state index in [1.807, 2.05) is 32.2 Å². The number of aromatic nitrogens is 2. The van der Waals surface area contributed by atoms with Crippen molar-refractivity contribution in [3.63, 3.8) is 0 Å². The van der Waals surface area contributed by atoms with Crippen LogP contribution in [0, 0.1) is 6.92 Å². The van der Waals surface area contributed by atoms with Crippen molar-refractivity contribution in [3.05, 3.63) is 38.4 Å². The number of nitrogens with two attached hydrogens (primary N) is 1. The topological polar surface area (TPSA) is 65.1 Å². The van der Waals surface area contributed by atoms with E-state index in [0.717, 1.165) is 31.8 Å². The van der Waals surface area contributed by atoms with Gasteiger partial charge in [0.15, 0.2) is 0 Å². The van der Waals surface area contributed by atoms with Crippen LogP contribution < -0.4 is 16.0 Å². The number of nitrogen functional groups attached to an aromatic ring is 1. The van der Waals surface area contributed by atoms with Crippen molar-refractivity contribution < 1.29 is 4.74 Å². The Bertz CT molecular complexity index is 577. The summed E-state index contributed by atoms with van der Waals surface area (Å²) >= 11 is 6.93. The number of aryl methyl sites for hydroxylation is 2. The number of para-hydroxylation sites is 1. The van der Waals surface area contributed by atoms with Crippen LogP contribution in [0.4, 0.5) is 5.82 Å². The summed E-state index contributed by atoms with van der Waals surface area (Å²) in [4.78, 5) is 0. The minimum absolute atomic E-state index is 0.389. The third-order valence-electron chi connectivity index (χ3n) is 2.76. The summed E-state index contributed by atoms with van der Waals surface area (Å²) in [7, 11) is 1.83. The molecule has 0 radical (unpaired) electrons. The number of hydrazine groups is 1. The SMILES string of the molecule is Cc1nn(C)c(NN)c1COc1c(Br)cccc1Br. The highest BCUT2D eigenvalue weighted by Crippen LogP contribution is 2.34. The van der Waals surface area contributed by atoms with Gasteiger partial charge in [-0.1, -0.05) is 6.07 Å². The molecule has 0 atom stereocenters. The van der Waals surface area contributed by atoms with Crippen molar-refractivity contribution in [1.82, 2.24) is 9.78 Å². The van der Waals surface area contributed by atoms with Crippen LogP contribution in [0.3, 0.4) is 0 Å². The molecular formula is C12H14Br2N4O. The lowest BCUT2D eigenvalue weighted by Crippen LogP contribution is -2.13. The first-order valence-corrected chi connectivity index (χ1v) is 7.19. The first kappa shape index (κ1) is 14.4. The monoisotopic (exact) mass is 388 g/mol. The number of nitrogens with zero attached hydrogens (tertiary/aromatic N) is 2. The predicted molar refractivity (Wildman–Crippen MR) is 81.9 cm³/mol. The van der Waals surface area contributed by atoms with Crippen molar-refractivity contribution in [3.8, 4) is 5.75 Å². The predicted octanol–water partition coefficient (Wildman–Crippen LogP) is 3.12. The van der Waals surface area contributed by atoms with E-state index in [2.05, 4.69) is 42.4 Å². The maximum absolute atomic E-state index is 5.85. The number of ether oxygens (including phenoxy) is 1. The van der Waals surface area contributed by atoms with Crippen LogP contribution in [0.25, 0.3) is 0 Å². The van der Waals surface area contributed by atoms with E-state index in [1.54, 1.807) is 4.68 Å². The zero-order chi connectivity index (χ0) is 14.0. The summed E-state index contributed by atoms with van der Waals surface area (Å²) in [5, 5.41) is 4.31. The van der Waals surface area contributed by atoms with Crippen LogP contribution in [-0.4, -0.2) is 9.78 Å². The first-order valence-electron chi connectivity index (χ1n) is 5.60. The van der Waals surface area contributed by atoms with Crippen LogP contribution in [0.15, 0.2) is 27.1 Å². The number of benzene rings is 1. The number of anilines is 1. The minimum Gasteiger partial charge on any atom is -0.486 e. The van der Waals surface area contributed by atoms with Gasteiger partial charge in [-0.3, -0.25) is 4.68 Å². The van der Waals surface area contributed by atoms with E-state index >= 15 is 0 Å². The molecule has 0 spiro atoms. The fourth-order valence-corrected chi connectivity index (χ4v) is 3.05. The van der Waals surface area contributed by atoms with Crippen LogP contribution in [0.2, 0.25) is 0 Å². The van der Waals surface area contributed by atoms with Gasteiger partial charge in [0.05, 0.1) is 20.2 Å². The molecule has 7 heteroatoms. The molecule has 0 aliphatic rings. The van der Waals surface area contributed by atoms with E-state index < -0.39 is 0 Å². The van der Waals surface area contributed by atoms with E-state index in [-0.39, 0.29) is 0 Å². The average molecular weight is 390 g/mol. The molecular weight excluding hydrogens is 376 g/mol. The fraction of sp³-hybridized carbons (Fsp3) is 0.250. The number of hydrogen-bond acceptors (Lipinski definition) is 4. The normalized spacial score (nSPS) is 10.6. The van der Waals surface area contributed by atoms with Crippen LogP contribution in [0.1, 0.15) is 11.3 Å². The molecule has 0 saturated heterocycles. The molecule has 102 valence electrons. The molecule has 19 heavy (non-hydrogen) atoms. The van der Waals surface area contributed by atoms with Crippen LogP contribution >= 0.6 is 31.9 Å². The Balaban J connectivity index is 2.24. The molecule has 0 fully saturated rings. The van der Waals surface area contributed by atoms with Crippen LogP contribution in [0.5, 0.6) is 5.75 Å². The Morgan fingerprint density at radius 1 is 1.37 bits per heavy atom. The van der Waals surface area contributed by atoms with Gasteiger partial charge in [0.2, 0.25) is 0 Å². The van der Waals surface area contributed by atoms with Gasteiger partial charge in [-0.05, 0) is 50.9 Å². The smallest absolute Gasteiger partial charge is 0.148 e. The van der Waals surface area contributed by atoms with Gasteiger partial charge in [0.25, 0.3) is 0 Å². The van der Waals surface area contributed by atoms with Crippen molar-refractivity contribution in [2.45, 2.75) is 13.5 Å². The highest BCUT2D eigenvalue weighted by molar-refractivity contribution is 9.11. The number of rotatable bonds is 4. The molecule has 1 heterocycles. The van der Waals surface area contributed by atoms with Gasteiger partial charge in [-0.25, -0.2) is 5.84 Å². The maximum atomic E-state index is 5.85. The van der Waals surface area contributed by atoms with Crippen molar-refractivity contribution >= 4 is 37.7 Å². The molecule has 0 unspecified atom stereocenters. The molecule has 0 aliphatic carbocycles. The molecule has 1 aromatic carbocycles. The standard InChI is InChI=1S/C12H14Br2N4O/c1-7-8(12(16-15)18(2)17-7)6-19-11-9(13)4-3-5-10(11)14/h3-5,16H,6,15H2,1-2H3. The van der Waals surface area contributed by atoms with E-state index in [0.29, 0.717) is 6.61 Å². The van der Waals surface area contributed by atoms with Crippen molar-refractivity contribution in [1.29, 1.82) is 0 Å². The van der Waals surface area contributed by atoms with Crippen molar-refractivity contribution in [2.75, 3.05) is 5.43 Å². The Kier molecular flexibility index (Phi) is 4.49. The highest BCUT2D eigenvalue weighted by Gasteiger charge is 2.14. The molecule has 1 aromatic heterocycles. The summed E-state index contributed by atoms with van der Waals surface area (Å²) in [6, 6.07) is 5.79. The second kappa shape index (κ2) is 5.94. The lowest BCUT2D eigenvalue weighted by atomic mass is 10.2. The summed E-state index contributed by atoms with van der Waals surface area (Å²) in [5.41, 5.74) is 4.47. The molecule has 5 nitrogen and oxygen atoms in total. The molecule has 2 rings (SSSR count). The Morgan fingerprint density at radius 2 is 2.00 bits per heavy atom. The average Bonchev–Trinajstić information content (AvgIpc) is 2.63. The summed E-state index contributed by atoms with van der Waals surface area (Å²) in [6.07, 6.45) is 0. The van der Waals surface area contributed by atoms with Gasteiger partial charge < -0.3 is 10.2 Å². The summed E-state index contributed by atoms with van der Waals surface area (Å²) in [5.74, 6) is 7.02. The van der Waals surface area contributed by atoms with E-state index in [4.69, 9.17) is 10.6 Å². The minimum atomic E-state index is 0.389. The zero-order valence-electron chi connectivity index (χ0n) is 10.6. The highest BCUT2D eigenvalue weighted by atomic mass is 79.9. The second-order valence-electron chi connectivity index (χ2n) is 4.02. The molecule has 0 saturated carbocycles. The zero-order valence-corrected chi connectivity index (χ0v) is 13.7. The number of hydrogen-bond donors (Lipinski definition) is 2. The summed E-state index contributed by atoms with van der Waals surface area (Å²) in [6.45, 7) is 2.31. The largest absolute Gasteiger partial charge is 0.486 e. The van der Waals surface area contributed by atoms with E-state index in [9.17, 15) is 0 Å². The molecule has 3 N–H and O–H groups in total. The number of halogens is 2. The lowest BCUT2D eigenvalue weighted by molar-refractivity contribution is 0.302. The van der Waals surface area contributed by atoms with Gasteiger partial charge in [0, 0.05) is 7.05 Å². The molecule has 2 aromatic rings. The second-order valence-corrected chi connectivity index (χ2v) is 5.73. The third-order valence-corrected chi connectivity index (χ3v) is 4.01.